The zero-order valence-corrected chi connectivity index (χ0v) is 10.1. The third-order valence-corrected chi connectivity index (χ3v) is 3.26. The molecule has 16 heavy (non-hydrogen) atoms. The van der Waals surface area contributed by atoms with Crippen molar-refractivity contribution in [2.24, 2.45) is 5.73 Å². The molecule has 2 heterocycles. The Bertz CT molecular complexity index is 356. The molecule has 4 heteroatoms. The second-order valence-electron chi connectivity index (χ2n) is 4.61. The van der Waals surface area contributed by atoms with Crippen molar-refractivity contribution < 1.29 is 0 Å². The van der Waals surface area contributed by atoms with Crippen LogP contribution in [0.2, 0.25) is 0 Å². The summed E-state index contributed by atoms with van der Waals surface area (Å²) in [6.45, 7) is 4.76. The highest BCUT2D eigenvalue weighted by molar-refractivity contribution is 5.15. The Morgan fingerprint density at radius 2 is 2.06 bits per heavy atom. The predicted octanol–water partition coefficient (Wildman–Crippen LogP) is 1.05. The van der Waals surface area contributed by atoms with Gasteiger partial charge < -0.3 is 10.6 Å². The number of piperidine rings is 1. The summed E-state index contributed by atoms with van der Waals surface area (Å²) in [6.07, 6.45) is 2.38. The summed E-state index contributed by atoms with van der Waals surface area (Å²) < 4.78 is 0. The fourth-order valence-electron chi connectivity index (χ4n) is 2.27. The SMILES string of the molecule is Cc1nc(CN)cc(C2CCN(C)CC2)n1. The molecule has 0 aliphatic carbocycles. The molecule has 0 amide bonds. The Morgan fingerprint density at radius 1 is 1.38 bits per heavy atom. The van der Waals surface area contributed by atoms with E-state index in [-0.39, 0.29) is 0 Å². The summed E-state index contributed by atoms with van der Waals surface area (Å²) in [5.74, 6) is 1.43. The highest BCUT2D eigenvalue weighted by Crippen LogP contribution is 2.26. The molecule has 2 rings (SSSR count). The lowest BCUT2D eigenvalue weighted by molar-refractivity contribution is 0.253. The number of aromatic nitrogens is 2. The van der Waals surface area contributed by atoms with Gasteiger partial charge in [-0.15, -0.1) is 0 Å². The van der Waals surface area contributed by atoms with Crippen LogP contribution in [0.3, 0.4) is 0 Å². The van der Waals surface area contributed by atoms with E-state index in [1.54, 1.807) is 0 Å². The summed E-state index contributed by atoms with van der Waals surface area (Å²) in [6, 6.07) is 2.07. The van der Waals surface area contributed by atoms with Gasteiger partial charge in [-0.25, -0.2) is 9.97 Å². The zero-order chi connectivity index (χ0) is 11.5. The number of nitrogens with zero attached hydrogens (tertiary/aromatic N) is 3. The minimum absolute atomic E-state index is 0.503. The number of aryl methyl sites for hydroxylation is 1. The summed E-state index contributed by atoms with van der Waals surface area (Å²) in [5.41, 5.74) is 7.78. The van der Waals surface area contributed by atoms with Gasteiger partial charge in [0.25, 0.3) is 0 Å². The van der Waals surface area contributed by atoms with Crippen LogP contribution < -0.4 is 5.73 Å². The fourth-order valence-corrected chi connectivity index (χ4v) is 2.27. The number of rotatable bonds is 2. The number of nitrogens with two attached hydrogens (primary N) is 1. The molecule has 0 radical (unpaired) electrons. The van der Waals surface area contributed by atoms with Crippen molar-refractivity contribution in [2.45, 2.75) is 32.2 Å². The number of hydrogen-bond acceptors (Lipinski definition) is 4. The van der Waals surface area contributed by atoms with Gasteiger partial charge in [-0.3, -0.25) is 0 Å². The molecule has 0 bridgehead atoms. The third kappa shape index (κ3) is 2.57. The molecule has 1 fully saturated rings. The second-order valence-corrected chi connectivity index (χ2v) is 4.61. The molecule has 0 unspecified atom stereocenters. The molecular weight excluding hydrogens is 200 g/mol. The molecule has 1 saturated heterocycles. The van der Waals surface area contributed by atoms with Gasteiger partial charge in [0.15, 0.2) is 0 Å². The van der Waals surface area contributed by atoms with E-state index >= 15 is 0 Å². The topological polar surface area (TPSA) is 55.0 Å². The summed E-state index contributed by atoms with van der Waals surface area (Å²) in [5, 5.41) is 0. The van der Waals surface area contributed by atoms with Crippen molar-refractivity contribution in [2.75, 3.05) is 20.1 Å². The number of likely N-dealkylation sites (tertiary alicyclic amines) is 1. The van der Waals surface area contributed by atoms with Crippen LogP contribution in [-0.2, 0) is 6.54 Å². The molecule has 1 aromatic rings. The van der Waals surface area contributed by atoms with Crippen LogP contribution in [0.15, 0.2) is 6.07 Å². The van der Waals surface area contributed by atoms with Gasteiger partial charge in [0.1, 0.15) is 5.82 Å². The zero-order valence-electron chi connectivity index (χ0n) is 10.1. The lowest BCUT2D eigenvalue weighted by Gasteiger charge is -2.28. The highest BCUT2D eigenvalue weighted by atomic mass is 15.1. The van der Waals surface area contributed by atoms with Crippen LogP contribution in [0.5, 0.6) is 0 Å². The van der Waals surface area contributed by atoms with Crippen molar-refractivity contribution in [3.8, 4) is 0 Å². The van der Waals surface area contributed by atoms with Crippen LogP contribution in [-0.4, -0.2) is 35.0 Å². The van der Waals surface area contributed by atoms with Crippen LogP contribution in [0.1, 0.15) is 36.0 Å². The quantitative estimate of drug-likeness (QED) is 0.809. The molecule has 2 N–H and O–H groups in total. The van der Waals surface area contributed by atoms with E-state index in [0.717, 1.165) is 24.6 Å². The maximum atomic E-state index is 5.64. The maximum Gasteiger partial charge on any atom is 0.125 e. The molecule has 1 aliphatic heterocycles. The third-order valence-electron chi connectivity index (χ3n) is 3.26. The molecule has 88 valence electrons. The van der Waals surface area contributed by atoms with E-state index in [0.29, 0.717) is 12.5 Å². The van der Waals surface area contributed by atoms with Gasteiger partial charge in [-0.05, 0) is 46.0 Å². The minimum atomic E-state index is 0.503. The summed E-state index contributed by atoms with van der Waals surface area (Å²) in [4.78, 5) is 11.2. The normalized spacial score (nSPS) is 18.9. The average Bonchev–Trinajstić information content (AvgIpc) is 2.29. The monoisotopic (exact) mass is 220 g/mol. The predicted molar refractivity (Wildman–Crippen MR) is 64.1 cm³/mol. The molecule has 0 aromatic carbocycles. The molecule has 4 nitrogen and oxygen atoms in total. The Hall–Kier alpha value is -1.00. The van der Waals surface area contributed by atoms with Crippen molar-refractivity contribution in [3.05, 3.63) is 23.3 Å². The van der Waals surface area contributed by atoms with E-state index < -0.39 is 0 Å². The van der Waals surface area contributed by atoms with Gasteiger partial charge >= 0.3 is 0 Å². The molecule has 1 aromatic heterocycles. The van der Waals surface area contributed by atoms with Gasteiger partial charge in [-0.2, -0.15) is 0 Å². The van der Waals surface area contributed by atoms with Crippen molar-refractivity contribution >= 4 is 0 Å². The summed E-state index contributed by atoms with van der Waals surface area (Å²) in [7, 11) is 2.17. The largest absolute Gasteiger partial charge is 0.325 e. The first kappa shape index (κ1) is 11.5. The van der Waals surface area contributed by atoms with Crippen LogP contribution in [0.25, 0.3) is 0 Å². The van der Waals surface area contributed by atoms with Crippen LogP contribution in [0.4, 0.5) is 0 Å². The van der Waals surface area contributed by atoms with E-state index in [9.17, 15) is 0 Å². The first-order valence-electron chi connectivity index (χ1n) is 5.92. The van der Waals surface area contributed by atoms with Crippen molar-refractivity contribution in [3.63, 3.8) is 0 Å². The minimum Gasteiger partial charge on any atom is -0.325 e. The van der Waals surface area contributed by atoms with Crippen LogP contribution >= 0.6 is 0 Å². The Balaban J connectivity index is 2.16. The van der Waals surface area contributed by atoms with Gasteiger partial charge in [-0.1, -0.05) is 0 Å². The smallest absolute Gasteiger partial charge is 0.125 e. The molecular formula is C12H20N4. The first-order chi connectivity index (χ1) is 7.69. The molecule has 0 spiro atoms. The van der Waals surface area contributed by atoms with Gasteiger partial charge in [0, 0.05) is 18.2 Å². The van der Waals surface area contributed by atoms with Crippen molar-refractivity contribution in [1.82, 2.24) is 14.9 Å². The first-order valence-corrected chi connectivity index (χ1v) is 5.92. The standard InChI is InChI=1S/C12H20N4/c1-9-14-11(8-13)7-12(15-9)10-3-5-16(2)6-4-10/h7,10H,3-6,8,13H2,1-2H3. The molecule has 1 aliphatic rings. The second kappa shape index (κ2) is 4.89. The van der Waals surface area contributed by atoms with Gasteiger partial charge in [0.2, 0.25) is 0 Å². The lowest BCUT2D eigenvalue weighted by Crippen LogP contribution is -2.29. The summed E-state index contributed by atoms with van der Waals surface area (Å²) >= 11 is 0. The molecule has 0 saturated carbocycles. The maximum absolute atomic E-state index is 5.64. The van der Waals surface area contributed by atoms with Gasteiger partial charge in [0.05, 0.1) is 5.69 Å². The van der Waals surface area contributed by atoms with E-state index in [4.69, 9.17) is 5.73 Å². The Morgan fingerprint density at radius 3 is 2.69 bits per heavy atom. The fraction of sp³-hybridized carbons (Fsp3) is 0.667. The average molecular weight is 220 g/mol. The lowest BCUT2D eigenvalue weighted by atomic mass is 9.93. The van der Waals surface area contributed by atoms with Crippen molar-refractivity contribution in [1.29, 1.82) is 0 Å². The van der Waals surface area contributed by atoms with E-state index in [1.807, 2.05) is 6.92 Å². The Kier molecular flexibility index (Phi) is 3.51. The molecule has 0 atom stereocenters. The highest BCUT2D eigenvalue weighted by Gasteiger charge is 2.20. The van der Waals surface area contributed by atoms with E-state index in [2.05, 4.69) is 28.0 Å². The Labute approximate surface area is 96.9 Å². The van der Waals surface area contributed by atoms with E-state index in [1.165, 1.54) is 18.5 Å². The number of hydrogen-bond donors (Lipinski definition) is 1. The van der Waals surface area contributed by atoms with Crippen LogP contribution in [0, 0.1) is 6.92 Å².